The molecule has 0 saturated heterocycles. The molecule has 8 aromatic rings. The first kappa shape index (κ1) is 55.5. The van der Waals surface area contributed by atoms with E-state index < -0.39 is 28.9 Å². The third kappa shape index (κ3) is 15.7. The minimum Gasteiger partial charge on any atom is -0.427 e. The van der Waals surface area contributed by atoms with Crippen molar-refractivity contribution in [1.29, 1.82) is 0 Å². The fraction of sp³-hybridized carbons (Fsp3) is 0.434. The predicted octanol–water partition coefficient (Wildman–Crippen LogP) is 8.94. The van der Waals surface area contributed by atoms with Crippen molar-refractivity contribution in [3.63, 3.8) is 0 Å². The minimum absolute atomic E-state index is 0.144. The Morgan fingerprint density at radius 2 is 1.00 bits per heavy atom. The largest absolute Gasteiger partial charge is 0.454 e. The maximum absolute atomic E-state index is 12.2. The zero-order valence-electron chi connectivity index (χ0n) is 42.5. The first-order valence-corrected chi connectivity index (χ1v) is 28.1. The third-order valence-corrected chi connectivity index (χ3v) is 16.5. The summed E-state index contributed by atoms with van der Waals surface area (Å²) >= 11 is 3.32. The molecular formula is C53H68BBrN10O6S2. The van der Waals surface area contributed by atoms with Gasteiger partial charge in [-0.3, -0.25) is 18.9 Å². The highest BCUT2D eigenvalue weighted by Gasteiger charge is 2.33. The first-order chi connectivity index (χ1) is 34.8. The third-order valence-electron chi connectivity index (χ3n) is 12.8. The van der Waals surface area contributed by atoms with Crippen LogP contribution in [0.2, 0.25) is 5.82 Å². The van der Waals surface area contributed by atoms with Gasteiger partial charge in [0.15, 0.2) is 12.6 Å². The van der Waals surface area contributed by atoms with E-state index in [1.54, 1.807) is 17.1 Å². The van der Waals surface area contributed by atoms with Crippen LogP contribution in [0.5, 0.6) is 0 Å². The Balaban J connectivity index is 0.000000133. The number of nitrogens with two attached hydrogens (primary N) is 2. The SMILES string of the molecule is CC(C)(C)S(=O)CCc1ncn2ccc(C3CC3)cc12.CC(C)(C)S(N)=O.NCc1ncn2ccc(C3CC3)cc12.O=Cc1ncn2ccc(Br)cc12.O=Cc1ncn2ccc(C3CC3)cc12.OB(O)C1CC1. The molecule has 4 saturated carbocycles. The van der Waals surface area contributed by atoms with Crippen LogP contribution in [-0.4, -0.2) is 90.9 Å². The first-order valence-electron chi connectivity index (χ1n) is 24.8. The van der Waals surface area contributed by atoms with Crippen LogP contribution < -0.4 is 10.9 Å². The van der Waals surface area contributed by atoms with E-state index in [9.17, 15) is 18.0 Å². The number of aryl methyl sites for hydroxylation is 1. The molecule has 73 heavy (non-hydrogen) atoms. The Morgan fingerprint density at radius 3 is 1.37 bits per heavy atom. The summed E-state index contributed by atoms with van der Waals surface area (Å²) in [5, 5.41) is 21.5. The van der Waals surface area contributed by atoms with E-state index in [0.717, 1.165) is 82.0 Å². The van der Waals surface area contributed by atoms with E-state index in [-0.39, 0.29) is 15.3 Å². The number of pyridine rings is 4. The van der Waals surface area contributed by atoms with Crippen LogP contribution in [0, 0.1) is 0 Å². The van der Waals surface area contributed by atoms with Gasteiger partial charge in [0, 0.05) is 63.5 Å². The molecule has 0 spiro atoms. The van der Waals surface area contributed by atoms with E-state index in [1.807, 2.05) is 87.5 Å². The normalized spacial score (nSPS) is 16.0. The fourth-order valence-corrected chi connectivity index (χ4v) is 8.88. The molecule has 20 heteroatoms. The van der Waals surface area contributed by atoms with Crippen molar-refractivity contribution in [2.45, 2.75) is 139 Å². The van der Waals surface area contributed by atoms with Crippen molar-refractivity contribution in [3.8, 4) is 0 Å². The molecular weight excluding hydrogens is 1030 g/mol. The monoisotopic (exact) mass is 1090 g/mol. The Labute approximate surface area is 440 Å². The van der Waals surface area contributed by atoms with Gasteiger partial charge in [-0.15, -0.1) is 0 Å². The molecule has 6 N–H and O–H groups in total. The van der Waals surface area contributed by atoms with Crippen molar-refractivity contribution in [1.82, 2.24) is 37.5 Å². The fourth-order valence-electron chi connectivity index (χ4n) is 7.56. The van der Waals surface area contributed by atoms with Crippen molar-refractivity contribution in [2.75, 3.05) is 5.75 Å². The number of carbonyl (C=O) groups is 2. The average Bonchev–Trinajstić information content (AvgIpc) is 4.15. The molecule has 8 heterocycles. The summed E-state index contributed by atoms with van der Waals surface area (Å²) in [5.41, 5.74) is 17.0. The van der Waals surface area contributed by atoms with E-state index in [0.29, 0.717) is 23.7 Å². The van der Waals surface area contributed by atoms with Gasteiger partial charge in [-0.25, -0.2) is 24.1 Å². The molecule has 0 aliphatic heterocycles. The summed E-state index contributed by atoms with van der Waals surface area (Å²) in [7, 11) is -3.04. The lowest BCUT2D eigenvalue weighted by Gasteiger charge is -2.17. The zero-order chi connectivity index (χ0) is 52.6. The van der Waals surface area contributed by atoms with Crippen LogP contribution in [0.1, 0.15) is 160 Å². The van der Waals surface area contributed by atoms with Crippen LogP contribution in [0.4, 0.5) is 0 Å². The molecule has 12 rings (SSSR count). The number of imidazole rings is 4. The number of fused-ring (bicyclic) bond motifs is 4. The topological polar surface area (TPSA) is 230 Å². The Bertz CT molecular complexity index is 3200. The van der Waals surface area contributed by atoms with Crippen molar-refractivity contribution >= 4 is 79.5 Å². The molecule has 0 radical (unpaired) electrons. The van der Waals surface area contributed by atoms with E-state index in [1.165, 1.54) is 60.7 Å². The molecule has 4 fully saturated rings. The molecule has 4 aliphatic rings. The molecule has 4 aliphatic carbocycles. The molecule has 2 atom stereocenters. The van der Waals surface area contributed by atoms with Gasteiger partial charge in [0.05, 0.1) is 61.8 Å². The second-order valence-corrected chi connectivity index (χ2v) is 25.9. The van der Waals surface area contributed by atoms with E-state index >= 15 is 0 Å². The maximum Gasteiger partial charge on any atom is 0.454 e. The van der Waals surface area contributed by atoms with Crippen molar-refractivity contribution in [2.24, 2.45) is 10.9 Å². The summed E-state index contributed by atoms with van der Waals surface area (Å²) in [5.74, 6) is 3.16. The molecule has 8 aromatic heterocycles. The van der Waals surface area contributed by atoms with Gasteiger partial charge in [-0.1, -0.05) is 28.8 Å². The van der Waals surface area contributed by atoms with Crippen LogP contribution in [-0.2, 0) is 34.8 Å². The highest BCUT2D eigenvalue weighted by atomic mass is 79.9. The molecule has 0 bridgehead atoms. The van der Waals surface area contributed by atoms with Crippen LogP contribution in [0.3, 0.4) is 0 Å². The number of rotatable bonds is 10. The summed E-state index contributed by atoms with van der Waals surface area (Å²) in [6, 6.07) is 16.8. The van der Waals surface area contributed by atoms with Gasteiger partial charge < -0.3 is 33.4 Å². The number of nitrogens with zero attached hydrogens (tertiary/aromatic N) is 8. The van der Waals surface area contributed by atoms with Crippen LogP contribution in [0.15, 0.2) is 103 Å². The lowest BCUT2D eigenvalue weighted by molar-refractivity contribution is 0.111. The quantitative estimate of drug-likeness (QED) is 0.0746. The standard InChI is InChI=1S/C16H22N2OS.C11H13N3.C11H10N2O.C8H5BrN2O.C4H11NOS.C3H7BO2/c1-16(2,3)20(19)9-7-14-15-10-13(12-4-5-12)6-8-18(15)11-17-14;12-6-10-11-5-9(8-1-2-8)3-4-14(11)7-13-10;14-6-10-11-5-9(8-1-2-8)3-4-13(11)7-12-10;9-6-1-2-11-5-10-7(4-12)8(11)3-6;1-4(2,3)7(5)6;5-4(6)3-1-2-3/h6,8,10-12H,4-5,7,9H2,1-3H3;3-5,7-8H,1-2,6,12H2;3-8H,1-2H2;1-5H;5H2,1-3H3;3,5-6H,1-2H2. The van der Waals surface area contributed by atoms with Crippen molar-refractivity contribution < 1.29 is 28.1 Å². The summed E-state index contributed by atoms with van der Waals surface area (Å²) in [6.45, 7) is 12.1. The van der Waals surface area contributed by atoms with Crippen molar-refractivity contribution in [3.05, 3.63) is 143 Å². The highest BCUT2D eigenvalue weighted by molar-refractivity contribution is 9.10. The number of carbonyl (C=O) groups excluding carboxylic acids is 2. The Morgan fingerprint density at radius 1 is 0.616 bits per heavy atom. The van der Waals surface area contributed by atoms with Gasteiger partial charge in [0.1, 0.15) is 24.0 Å². The second kappa shape index (κ2) is 24.4. The molecule has 0 aromatic carbocycles. The molecule has 0 amide bonds. The zero-order valence-corrected chi connectivity index (χ0v) is 45.7. The number of hydrogen-bond acceptors (Lipinski definition) is 11. The number of hydrogen-bond donors (Lipinski definition) is 4. The minimum atomic E-state index is -1.18. The summed E-state index contributed by atoms with van der Waals surface area (Å²) in [4.78, 5) is 37.9. The number of aromatic nitrogens is 8. The van der Waals surface area contributed by atoms with Gasteiger partial charge in [-0.2, -0.15) is 0 Å². The van der Waals surface area contributed by atoms with E-state index in [2.05, 4.69) is 89.1 Å². The predicted molar refractivity (Wildman–Crippen MR) is 295 cm³/mol. The molecule has 388 valence electrons. The number of halogens is 1. The van der Waals surface area contributed by atoms with Gasteiger partial charge >= 0.3 is 7.12 Å². The highest BCUT2D eigenvalue weighted by Crippen LogP contribution is 2.42. The Hall–Kier alpha value is -5.22. The smallest absolute Gasteiger partial charge is 0.427 e. The average molecular weight is 1100 g/mol. The van der Waals surface area contributed by atoms with Crippen LogP contribution in [0.25, 0.3) is 22.1 Å². The van der Waals surface area contributed by atoms with Gasteiger partial charge in [0.2, 0.25) is 0 Å². The van der Waals surface area contributed by atoms with Gasteiger partial charge in [0.25, 0.3) is 0 Å². The van der Waals surface area contributed by atoms with Gasteiger partial charge in [-0.05, 0) is 169 Å². The molecule has 16 nitrogen and oxygen atoms in total. The summed E-state index contributed by atoms with van der Waals surface area (Å²) in [6.07, 6.45) is 27.2. The molecule has 2 unspecified atom stereocenters. The van der Waals surface area contributed by atoms with Crippen LogP contribution >= 0.6 is 15.9 Å². The number of aldehydes is 2. The Kier molecular flexibility index (Phi) is 18.6. The second-order valence-electron chi connectivity index (χ2n) is 20.9. The lowest BCUT2D eigenvalue weighted by Crippen LogP contribution is -2.27. The maximum atomic E-state index is 12.2. The summed E-state index contributed by atoms with van der Waals surface area (Å²) < 4.78 is 30.9. The van der Waals surface area contributed by atoms with E-state index in [4.69, 9.17) is 20.9 Å². The lowest BCUT2D eigenvalue weighted by atomic mass is 9.84.